The Kier molecular flexibility index (Phi) is 5.11. The maximum absolute atomic E-state index is 13.5. The molecule has 7 heteroatoms. The smallest absolute Gasteiger partial charge is 0.253 e. The maximum Gasteiger partial charge on any atom is 0.253 e. The van der Waals surface area contributed by atoms with Gasteiger partial charge in [-0.2, -0.15) is 0 Å². The van der Waals surface area contributed by atoms with Gasteiger partial charge in [0.25, 0.3) is 5.91 Å². The number of carbonyl (C=O) groups excluding carboxylic acids is 1. The van der Waals surface area contributed by atoms with Gasteiger partial charge >= 0.3 is 0 Å². The number of benzene rings is 3. The minimum absolute atomic E-state index is 0.207. The number of nitrogens with zero attached hydrogens (tertiary/aromatic N) is 1. The number of nitrogens with one attached hydrogen (secondary N) is 3. The molecule has 1 atom stereocenters. The molecule has 0 bridgehead atoms. The number of carbonyl (C=O) groups is 1. The number of hydrogen-bond acceptors (Lipinski definition) is 4. The Balaban J connectivity index is 1.46. The molecule has 2 heterocycles. The molecule has 5 aromatic rings. The van der Waals surface area contributed by atoms with Crippen molar-refractivity contribution in [3.05, 3.63) is 83.8 Å². The van der Waals surface area contributed by atoms with E-state index >= 15 is 0 Å². The number of rotatable bonds is 5. The molecule has 0 saturated heterocycles. The molecule has 3 N–H and O–H groups in total. The highest BCUT2D eigenvalue weighted by Gasteiger charge is 2.16. The van der Waals surface area contributed by atoms with Crippen LogP contribution >= 0.6 is 11.3 Å². The lowest BCUT2D eigenvalue weighted by Crippen LogP contribution is -2.26. The van der Waals surface area contributed by atoms with Gasteiger partial charge < -0.3 is 15.6 Å². The maximum atomic E-state index is 13.5. The van der Waals surface area contributed by atoms with E-state index in [4.69, 9.17) is 0 Å². The lowest BCUT2D eigenvalue weighted by atomic mass is 10.0. The highest BCUT2D eigenvalue weighted by molar-refractivity contribution is 7.22. The number of fused-ring (bicyclic) bond motifs is 2. The van der Waals surface area contributed by atoms with Crippen LogP contribution in [0.4, 0.5) is 9.52 Å². The third kappa shape index (κ3) is 3.71. The zero-order valence-corrected chi connectivity index (χ0v) is 18.4. The lowest BCUT2D eigenvalue weighted by Gasteiger charge is -2.14. The zero-order valence-electron chi connectivity index (χ0n) is 17.6. The van der Waals surface area contributed by atoms with E-state index in [1.165, 1.54) is 12.1 Å². The lowest BCUT2D eigenvalue weighted by molar-refractivity contribution is 0.0941. The molecular weight excluding hydrogens is 423 g/mol. The van der Waals surface area contributed by atoms with Crippen molar-refractivity contribution in [2.75, 3.05) is 12.4 Å². The highest BCUT2D eigenvalue weighted by Crippen LogP contribution is 2.32. The Bertz CT molecular complexity index is 1460. The molecule has 3 aromatic carbocycles. The Hall–Kier alpha value is -3.71. The number of amides is 1. The van der Waals surface area contributed by atoms with Crippen molar-refractivity contribution in [1.29, 1.82) is 0 Å². The van der Waals surface area contributed by atoms with E-state index in [0.29, 0.717) is 5.56 Å². The predicted molar refractivity (Wildman–Crippen MR) is 129 cm³/mol. The predicted octanol–water partition coefficient (Wildman–Crippen LogP) is 6.12. The highest BCUT2D eigenvalue weighted by atomic mass is 32.1. The second-order valence-electron chi connectivity index (χ2n) is 7.66. The van der Waals surface area contributed by atoms with Gasteiger partial charge in [0.05, 0.1) is 21.8 Å². The van der Waals surface area contributed by atoms with Crippen molar-refractivity contribution in [2.24, 2.45) is 0 Å². The summed E-state index contributed by atoms with van der Waals surface area (Å²) in [6, 6.07) is 18.2. The summed E-state index contributed by atoms with van der Waals surface area (Å²) in [5.74, 6) is -0.526. The van der Waals surface area contributed by atoms with E-state index in [1.54, 1.807) is 29.7 Å². The average molecular weight is 445 g/mol. The second-order valence-corrected chi connectivity index (χ2v) is 8.70. The quantitative estimate of drug-likeness (QED) is 0.306. The first kappa shape index (κ1) is 20.2. The molecule has 2 aromatic heterocycles. The number of thiazole rings is 1. The van der Waals surface area contributed by atoms with Crippen LogP contribution in [-0.4, -0.2) is 22.9 Å². The Labute approximate surface area is 188 Å². The van der Waals surface area contributed by atoms with Crippen molar-refractivity contribution in [3.63, 3.8) is 0 Å². The molecule has 5 rings (SSSR count). The molecular formula is C25H21FN4OS. The van der Waals surface area contributed by atoms with Crippen molar-refractivity contribution in [2.45, 2.75) is 13.0 Å². The number of hydrogen-bond donors (Lipinski definition) is 3. The van der Waals surface area contributed by atoms with Gasteiger partial charge in [0, 0.05) is 24.1 Å². The van der Waals surface area contributed by atoms with Crippen molar-refractivity contribution < 1.29 is 9.18 Å². The third-order valence-corrected chi connectivity index (χ3v) is 6.59. The first-order valence-corrected chi connectivity index (χ1v) is 11.1. The number of aromatic amines is 1. The summed E-state index contributed by atoms with van der Waals surface area (Å²) in [5.41, 5.74) is 5.20. The van der Waals surface area contributed by atoms with Gasteiger partial charge in [-0.15, -0.1) is 0 Å². The summed E-state index contributed by atoms with van der Waals surface area (Å²) in [6.45, 7) is 1.84. The first-order valence-electron chi connectivity index (χ1n) is 10.3. The van der Waals surface area contributed by atoms with Gasteiger partial charge in [0.15, 0.2) is 5.13 Å². The molecule has 0 aliphatic heterocycles. The van der Waals surface area contributed by atoms with E-state index < -0.39 is 0 Å². The number of anilines is 1. The minimum atomic E-state index is -0.319. The normalized spacial score (nSPS) is 12.2. The fraction of sp³-hybridized carbons (Fsp3) is 0.120. The summed E-state index contributed by atoms with van der Waals surface area (Å²) in [5, 5.41) is 7.77. The van der Waals surface area contributed by atoms with E-state index in [1.807, 2.05) is 44.3 Å². The fourth-order valence-corrected chi connectivity index (χ4v) is 4.69. The third-order valence-electron chi connectivity index (χ3n) is 5.56. The Morgan fingerprint density at radius 3 is 2.72 bits per heavy atom. The Morgan fingerprint density at radius 1 is 1.09 bits per heavy atom. The largest absolute Gasteiger partial charge is 0.365 e. The van der Waals surface area contributed by atoms with Crippen LogP contribution in [0.25, 0.3) is 32.2 Å². The van der Waals surface area contributed by atoms with Crippen LogP contribution in [0.15, 0.2) is 66.9 Å². The van der Waals surface area contributed by atoms with Crippen LogP contribution in [0, 0.1) is 5.82 Å². The molecule has 0 aliphatic rings. The van der Waals surface area contributed by atoms with Crippen LogP contribution in [0.1, 0.15) is 28.9 Å². The van der Waals surface area contributed by atoms with Crippen LogP contribution < -0.4 is 10.6 Å². The summed E-state index contributed by atoms with van der Waals surface area (Å²) >= 11 is 1.61. The summed E-state index contributed by atoms with van der Waals surface area (Å²) in [7, 11) is 1.86. The molecule has 0 radical (unpaired) electrons. The summed E-state index contributed by atoms with van der Waals surface area (Å²) in [6.07, 6.45) is 1.72. The van der Waals surface area contributed by atoms with Crippen LogP contribution in [0.3, 0.4) is 0 Å². The second kappa shape index (κ2) is 8.09. The molecule has 0 saturated carbocycles. The van der Waals surface area contributed by atoms with Crippen molar-refractivity contribution in [1.82, 2.24) is 15.3 Å². The SMILES string of the molecule is CNc1nc2ccc(-c3ccc4[nH]cc(C(=O)NC(C)c5cccc(F)c5)c4c3)cc2s1. The molecule has 1 unspecified atom stereocenters. The van der Waals surface area contributed by atoms with Gasteiger partial charge in [-0.1, -0.05) is 35.6 Å². The van der Waals surface area contributed by atoms with Gasteiger partial charge in [-0.05, 0) is 60.0 Å². The van der Waals surface area contributed by atoms with Crippen LogP contribution in [-0.2, 0) is 0 Å². The summed E-state index contributed by atoms with van der Waals surface area (Å²) in [4.78, 5) is 20.7. The van der Waals surface area contributed by atoms with Gasteiger partial charge in [0.2, 0.25) is 0 Å². The van der Waals surface area contributed by atoms with Crippen LogP contribution in [0.2, 0.25) is 0 Å². The minimum Gasteiger partial charge on any atom is -0.365 e. The number of H-pyrrole nitrogens is 1. The fourth-order valence-electron chi connectivity index (χ4n) is 3.83. The molecule has 160 valence electrons. The topological polar surface area (TPSA) is 69.8 Å². The Morgan fingerprint density at radius 2 is 1.91 bits per heavy atom. The van der Waals surface area contributed by atoms with Gasteiger partial charge in [-0.3, -0.25) is 4.79 Å². The number of aromatic nitrogens is 2. The monoisotopic (exact) mass is 444 g/mol. The van der Waals surface area contributed by atoms with E-state index in [9.17, 15) is 9.18 Å². The molecule has 32 heavy (non-hydrogen) atoms. The average Bonchev–Trinajstić information content (AvgIpc) is 3.41. The molecule has 0 aliphatic carbocycles. The van der Waals surface area contributed by atoms with Gasteiger partial charge in [-0.25, -0.2) is 9.37 Å². The number of halogens is 1. The molecule has 5 nitrogen and oxygen atoms in total. The molecule has 0 fully saturated rings. The van der Waals surface area contributed by atoms with Crippen LogP contribution in [0.5, 0.6) is 0 Å². The zero-order chi connectivity index (χ0) is 22.2. The van der Waals surface area contributed by atoms with Crippen molar-refractivity contribution in [3.8, 4) is 11.1 Å². The summed E-state index contributed by atoms with van der Waals surface area (Å²) < 4.78 is 14.6. The van der Waals surface area contributed by atoms with E-state index in [-0.39, 0.29) is 17.8 Å². The standard InChI is InChI=1S/C25H21FN4OS/c1-14(15-4-3-5-18(26)10-15)29-24(31)20-13-28-21-8-6-16(11-19(20)21)17-7-9-22-23(12-17)32-25(27-2)30-22/h3-14,28H,1-2H3,(H,27,30)(H,29,31). The van der Waals surface area contributed by atoms with Gasteiger partial charge in [0.1, 0.15) is 5.82 Å². The molecule has 1 amide bonds. The first-order chi connectivity index (χ1) is 15.5. The van der Waals surface area contributed by atoms with Crippen molar-refractivity contribution >= 4 is 43.5 Å². The molecule has 0 spiro atoms. The van der Waals surface area contributed by atoms with E-state index in [2.05, 4.69) is 26.7 Å². The van der Waals surface area contributed by atoms with E-state index in [0.717, 1.165) is 42.9 Å².